The molecule has 1 unspecified atom stereocenters. The Morgan fingerprint density at radius 3 is 2.93 bits per heavy atom. The van der Waals surface area contributed by atoms with E-state index in [-0.39, 0.29) is 12.4 Å². The van der Waals surface area contributed by atoms with Crippen LogP contribution in [-0.2, 0) is 11.8 Å². The predicted molar refractivity (Wildman–Crippen MR) is 55.4 cm³/mol. The third-order valence-corrected chi connectivity index (χ3v) is 3.08. The van der Waals surface area contributed by atoms with Crippen LogP contribution in [0.5, 0.6) is 5.75 Å². The fraction of sp³-hybridized carbons (Fsp3) is 0.417. The lowest BCUT2D eigenvalue weighted by molar-refractivity contribution is 0.266. The van der Waals surface area contributed by atoms with E-state index in [9.17, 15) is 10.4 Å². The monoisotopic (exact) mass is 203 g/mol. The molecule has 0 bridgehead atoms. The van der Waals surface area contributed by atoms with Crippen LogP contribution in [0.4, 0.5) is 0 Å². The molecule has 0 spiro atoms. The lowest BCUT2D eigenvalue weighted by Crippen LogP contribution is -2.37. The molecule has 0 heterocycles. The minimum atomic E-state index is -0.475. The molecule has 0 radical (unpaired) electrons. The number of phenolic OH excluding ortho intramolecular Hbond substituents is 1. The van der Waals surface area contributed by atoms with Gasteiger partial charge in [0.05, 0.1) is 11.5 Å². The van der Waals surface area contributed by atoms with Crippen LogP contribution in [0, 0.1) is 11.3 Å². The highest BCUT2D eigenvalue weighted by Crippen LogP contribution is 2.45. The van der Waals surface area contributed by atoms with Gasteiger partial charge in [-0.2, -0.15) is 5.26 Å². The largest absolute Gasteiger partial charge is 0.508 e. The SMILES string of the molecule is N#CC1(CCCO)Cc2ccc(O)cc21. The fourth-order valence-corrected chi connectivity index (χ4v) is 2.24. The van der Waals surface area contributed by atoms with Crippen molar-refractivity contribution in [2.24, 2.45) is 0 Å². The van der Waals surface area contributed by atoms with Crippen molar-refractivity contribution >= 4 is 0 Å². The highest BCUT2D eigenvalue weighted by atomic mass is 16.3. The number of hydrogen-bond donors (Lipinski definition) is 2. The summed E-state index contributed by atoms with van der Waals surface area (Å²) in [6, 6.07) is 7.48. The number of hydrogen-bond acceptors (Lipinski definition) is 3. The first kappa shape index (κ1) is 10.0. The van der Waals surface area contributed by atoms with Gasteiger partial charge in [0.15, 0.2) is 0 Å². The highest BCUT2D eigenvalue weighted by Gasteiger charge is 2.42. The molecule has 1 aromatic rings. The Morgan fingerprint density at radius 1 is 1.47 bits per heavy atom. The quantitative estimate of drug-likeness (QED) is 0.782. The minimum absolute atomic E-state index is 0.109. The summed E-state index contributed by atoms with van der Waals surface area (Å²) < 4.78 is 0. The summed E-state index contributed by atoms with van der Waals surface area (Å²) in [6.45, 7) is 0.109. The van der Waals surface area contributed by atoms with E-state index in [4.69, 9.17) is 5.11 Å². The van der Waals surface area contributed by atoms with Gasteiger partial charge in [-0.1, -0.05) is 6.07 Å². The molecule has 3 heteroatoms. The third-order valence-electron chi connectivity index (χ3n) is 3.08. The van der Waals surface area contributed by atoms with Crippen molar-refractivity contribution in [2.45, 2.75) is 24.7 Å². The number of aromatic hydroxyl groups is 1. The summed E-state index contributed by atoms with van der Waals surface area (Å²) in [5, 5.41) is 27.3. The third kappa shape index (κ3) is 1.47. The van der Waals surface area contributed by atoms with E-state index < -0.39 is 5.41 Å². The first-order valence-corrected chi connectivity index (χ1v) is 5.06. The van der Waals surface area contributed by atoms with Gasteiger partial charge in [0.1, 0.15) is 5.75 Å². The molecule has 0 aromatic heterocycles. The molecule has 1 aliphatic carbocycles. The van der Waals surface area contributed by atoms with Crippen molar-refractivity contribution in [2.75, 3.05) is 6.61 Å². The zero-order valence-electron chi connectivity index (χ0n) is 8.40. The molecule has 0 amide bonds. The Labute approximate surface area is 88.6 Å². The summed E-state index contributed by atoms with van der Waals surface area (Å²) in [5.41, 5.74) is 1.59. The second kappa shape index (κ2) is 3.56. The van der Waals surface area contributed by atoms with Gasteiger partial charge in [-0.3, -0.25) is 0 Å². The van der Waals surface area contributed by atoms with E-state index >= 15 is 0 Å². The Morgan fingerprint density at radius 2 is 2.27 bits per heavy atom. The van der Waals surface area contributed by atoms with Crippen LogP contribution in [-0.4, -0.2) is 16.8 Å². The van der Waals surface area contributed by atoms with Crippen molar-refractivity contribution in [3.05, 3.63) is 29.3 Å². The summed E-state index contributed by atoms with van der Waals surface area (Å²) in [5.74, 6) is 0.206. The van der Waals surface area contributed by atoms with Gasteiger partial charge in [0, 0.05) is 6.61 Å². The number of rotatable bonds is 3. The Hall–Kier alpha value is -1.53. The molecule has 2 rings (SSSR count). The summed E-state index contributed by atoms with van der Waals surface area (Å²) >= 11 is 0. The first-order valence-electron chi connectivity index (χ1n) is 5.06. The molecule has 3 nitrogen and oxygen atoms in total. The molecule has 78 valence electrons. The van der Waals surface area contributed by atoms with Gasteiger partial charge < -0.3 is 10.2 Å². The van der Waals surface area contributed by atoms with Gasteiger partial charge in [-0.15, -0.1) is 0 Å². The van der Waals surface area contributed by atoms with Gasteiger partial charge in [-0.05, 0) is 42.5 Å². The number of aliphatic hydroxyl groups is 1. The van der Waals surface area contributed by atoms with Crippen molar-refractivity contribution in [3.63, 3.8) is 0 Å². The number of nitriles is 1. The fourth-order valence-electron chi connectivity index (χ4n) is 2.24. The molecule has 0 saturated heterocycles. The maximum Gasteiger partial charge on any atom is 0.115 e. The molecule has 1 atom stereocenters. The Bertz CT molecular complexity index is 422. The number of aliphatic hydroxyl groups excluding tert-OH is 1. The Kier molecular flexibility index (Phi) is 2.37. The van der Waals surface area contributed by atoms with Crippen molar-refractivity contribution in [1.29, 1.82) is 5.26 Å². The van der Waals surface area contributed by atoms with Crippen molar-refractivity contribution < 1.29 is 10.2 Å². The van der Waals surface area contributed by atoms with Crippen molar-refractivity contribution in [1.82, 2.24) is 0 Å². The minimum Gasteiger partial charge on any atom is -0.508 e. The van der Waals surface area contributed by atoms with E-state index in [1.54, 1.807) is 12.1 Å². The molecule has 0 aliphatic heterocycles. The normalized spacial score (nSPS) is 22.7. The van der Waals surface area contributed by atoms with E-state index in [1.807, 2.05) is 6.07 Å². The van der Waals surface area contributed by atoms with Crippen LogP contribution >= 0.6 is 0 Å². The van der Waals surface area contributed by atoms with Crippen LogP contribution in [0.2, 0.25) is 0 Å². The smallest absolute Gasteiger partial charge is 0.115 e. The molecular formula is C12H13NO2. The maximum atomic E-state index is 9.37. The van der Waals surface area contributed by atoms with Crippen LogP contribution in [0.15, 0.2) is 18.2 Å². The average Bonchev–Trinajstić information content (AvgIpc) is 2.23. The summed E-state index contributed by atoms with van der Waals surface area (Å²) in [6.07, 6.45) is 2.03. The summed E-state index contributed by atoms with van der Waals surface area (Å²) in [4.78, 5) is 0. The van der Waals surface area contributed by atoms with E-state index in [1.165, 1.54) is 0 Å². The second-order valence-corrected chi connectivity index (χ2v) is 4.04. The molecule has 0 saturated carbocycles. The molecule has 1 aromatic carbocycles. The number of benzene rings is 1. The Balaban J connectivity index is 2.30. The van der Waals surface area contributed by atoms with E-state index in [0.717, 1.165) is 17.5 Å². The van der Waals surface area contributed by atoms with Gasteiger partial charge in [0.25, 0.3) is 0 Å². The van der Waals surface area contributed by atoms with Crippen LogP contribution in [0.25, 0.3) is 0 Å². The van der Waals surface area contributed by atoms with E-state index in [0.29, 0.717) is 12.8 Å². The summed E-state index contributed by atoms with van der Waals surface area (Å²) in [7, 11) is 0. The van der Waals surface area contributed by atoms with Gasteiger partial charge in [0.2, 0.25) is 0 Å². The lowest BCUT2D eigenvalue weighted by atomic mass is 9.62. The van der Waals surface area contributed by atoms with Gasteiger partial charge in [-0.25, -0.2) is 0 Å². The zero-order valence-corrected chi connectivity index (χ0v) is 8.40. The molecule has 0 fully saturated rings. The zero-order chi connectivity index (χ0) is 10.9. The van der Waals surface area contributed by atoms with E-state index in [2.05, 4.69) is 6.07 Å². The molecule has 1 aliphatic rings. The predicted octanol–water partition coefficient (Wildman–Crippen LogP) is 1.48. The molecular weight excluding hydrogens is 190 g/mol. The molecule has 15 heavy (non-hydrogen) atoms. The second-order valence-electron chi connectivity index (χ2n) is 4.04. The average molecular weight is 203 g/mol. The lowest BCUT2D eigenvalue weighted by Gasteiger charge is -2.38. The standard InChI is InChI=1S/C12H13NO2/c13-8-12(4-1-5-14)7-9-2-3-10(15)6-11(9)12/h2-3,6,14-15H,1,4-5,7H2. The van der Waals surface area contributed by atoms with Crippen LogP contribution in [0.1, 0.15) is 24.0 Å². The first-order chi connectivity index (χ1) is 7.22. The molecule has 2 N–H and O–H groups in total. The van der Waals surface area contributed by atoms with Crippen molar-refractivity contribution in [3.8, 4) is 11.8 Å². The maximum absolute atomic E-state index is 9.37. The van der Waals surface area contributed by atoms with Crippen LogP contribution < -0.4 is 0 Å². The topological polar surface area (TPSA) is 64.2 Å². The van der Waals surface area contributed by atoms with Gasteiger partial charge >= 0.3 is 0 Å². The number of phenols is 1. The number of fused-ring (bicyclic) bond motifs is 1. The van der Waals surface area contributed by atoms with Crippen LogP contribution in [0.3, 0.4) is 0 Å². The number of nitrogens with zero attached hydrogens (tertiary/aromatic N) is 1. The highest BCUT2D eigenvalue weighted by molar-refractivity contribution is 5.52.